The van der Waals surface area contributed by atoms with Gasteiger partial charge < -0.3 is 4.74 Å². The van der Waals surface area contributed by atoms with E-state index in [2.05, 4.69) is 18.2 Å². The van der Waals surface area contributed by atoms with Gasteiger partial charge in [-0.05, 0) is 63.4 Å². The zero-order valence-electron chi connectivity index (χ0n) is 12.3. The van der Waals surface area contributed by atoms with Crippen LogP contribution in [0.1, 0.15) is 22.3 Å². The Morgan fingerprint density at radius 3 is 2.30 bits per heavy atom. The van der Waals surface area contributed by atoms with Crippen molar-refractivity contribution in [3.8, 4) is 23.3 Å². The number of fused-ring (bicyclic) bond motifs is 2. The van der Waals surface area contributed by atoms with Crippen LogP contribution in [0.4, 0.5) is 0 Å². The molecule has 1 aliphatic rings. The summed E-state index contributed by atoms with van der Waals surface area (Å²) < 4.78 is 5.63. The molecular weight excluding hydrogens is 284 g/mol. The van der Waals surface area contributed by atoms with Crippen molar-refractivity contribution in [2.24, 2.45) is 0 Å². The first-order valence-corrected chi connectivity index (χ1v) is 7.37. The maximum Gasteiger partial charge on any atom is 0.0991 e. The van der Waals surface area contributed by atoms with Gasteiger partial charge in [0.15, 0.2) is 0 Å². The van der Waals surface area contributed by atoms with Crippen molar-refractivity contribution >= 4 is 10.8 Å². The van der Waals surface area contributed by atoms with Gasteiger partial charge in [0.2, 0.25) is 0 Å². The standard InChI is InChI=1S/C20H12N2O/c21-9-13-1-4-15(5-2-13)20-18-7-14(10-22)3-6-16(18)8-17-11-23-12-19(17)20/h1-8H,11-12H2. The summed E-state index contributed by atoms with van der Waals surface area (Å²) in [5, 5.41) is 20.4. The summed E-state index contributed by atoms with van der Waals surface area (Å²) in [6, 6.07) is 19.8. The molecule has 1 heterocycles. The third-order valence-corrected chi connectivity index (χ3v) is 4.28. The van der Waals surface area contributed by atoms with Gasteiger partial charge >= 0.3 is 0 Å². The van der Waals surface area contributed by atoms with Gasteiger partial charge in [-0.15, -0.1) is 0 Å². The first kappa shape index (κ1) is 13.5. The van der Waals surface area contributed by atoms with Gasteiger partial charge in [-0.3, -0.25) is 0 Å². The number of hydrogen-bond acceptors (Lipinski definition) is 3. The second kappa shape index (κ2) is 5.25. The smallest absolute Gasteiger partial charge is 0.0991 e. The van der Waals surface area contributed by atoms with Crippen molar-refractivity contribution in [1.82, 2.24) is 0 Å². The van der Waals surface area contributed by atoms with Crippen molar-refractivity contribution in [3.05, 3.63) is 70.8 Å². The van der Waals surface area contributed by atoms with Gasteiger partial charge in [-0.1, -0.05) is 18.2 Å². The van der Waals surface area contributed by atoms with E-state index in [4.69, 9.17) is 10.00 Å². The maximum absolute atomic E-state index is 9.21. The molecule has 0 radical (unpaired) electrons. The minimum absolute atomic E-state index is 0.581. The SMILES string of the molecule is N#Cc1ccc(-c2c3c(cc4ccc(C#N)cc24)COC3)cc1. The van der Waals surface area contributed by atoms with Crippen molar-refractivity contribution in [1.29, 1.82) is 10.5 Å². The maximum atomic E-state index is 9.21. The van der Waals surface area contributed by atoms with E-state index >= 15 is 0 Å². The third-order valence-electron chi connectivity index (χ3n) is 4.28. The van der Waals surface area contributed by atoms with Gasteiger partial charge in [0, 0.05) is 0 Å². The van der Waals surface area contributed by atoms with Crippen LogP contribution in [0.3, 0.4) is 0 Å². The van der Waals surface area contributed by atoms with Crippen molar-refractivity contribution in [2.45, 2.75) is 13.2 Å². The van der Waals surface area contributed by atoms with Crippen LogP contribution in [0.15, 0.2) is 48.5 Å². The number of benzene rings is 3. The molecule has 0 fully saturated rings. The number of ether oxygens (including phenoxy) is 1. The number of rotatable bonds is 1. The highest BCUT2D eigenvalue weighted by Crippen LogP contribution is 2.38. The molecule has 0 N–H and O–H groups in total. The molecule has 3 aromatic carbocycles. The molecular formula is C20H12N2O. The molecule has 0 unspecified atom stereocenters. The Balaban J connectivity index is 2.06. The molecule has 0 saturated heterocycles. The molecule has 0 aliphatic carbocycles. The molecule has 0 atom stereocenters. The fraction of sp³-hybridized carbons (Fsp3) is 0.100. The average Bonchev–Trinajstić information content (AvgIpc) is 3.07. The Kier molecular flexibility index (Phi) is 3.08. The van der Waals surface area contributed by atoms with E-state index in [9.17, 15) is 5.26 Å². The Bertz CT molecular complexity index is 1000. The summed E-state index contributed by atoms with van der Waals surface area (Å²) in [4.78, 5) is 0. The van der Waals surface area contributed by atoms with Crippen molar-refractivity contribution in [3.63, 3.8) is 0 Å². The number of hydrogen-bond donors (Lipinski definition) is 0. The van der Waals surface area contributed by atoms with E-state index in [1.54, 1.807) is 0 Å². The van der Waals surface area contributed by atoms with Crippen LogP contribution in [-0.4, -0.2) is 0 Å². The van der Waals surface area contributed by atoms with Crippen LogP contribution < -0.4 is 0 Å². The summed E-state index contributed by atoms with van der Waals surface area (Å²) in [5.74, 6) is 0. The molecule has 0 aromatic heterocycles. The second-order valence-corrected chi connectivity index (χ2v) is 5.62. The first-order valence-electron chi connectivity index (χ1n) is 7.37. The van der Waals surface area contributed by atoms with Crippen LogP contribution in [0.2, 0.25) is 0 Å². The minimum atomic E-state index is 0.581. The van der Waals surface area contributed by atoms with E-state index < -0.39 is 0 Å². The van der Waals surface area contributed by atoms with Gasteiger partial charge in [-0.2, -0.15) is 10.5 Å². The normalized spacial score (nSPS) is 12.6. The highest BCUT2D eigenvalue weighted by molar-refractivity contribution is 6.00. The molecule has 0 spiro atoms. The number of nitrogens with zero attached hydrogens (tertiary/aromatic N) is 2. The van der Waals surface area contributed by atoms with Gasteiger partial charge in [0.05, 0.1) is 36.5 Å². The van der Waals surface area contributed by atoms with E-state index in [-0.39, 0.29) is 0 Å². The molecule has 1 aliphatic heterocycles. The molecule has 0 bridgehead atoms. The average molecular weight is 296 g/mol. The quantitative estimate of drug-likeness (QED) is 0.673. The lowest BCUT2D eigenvalue weighted by molar-refractivity contribution is 0.134. The highest BCUT2D eigenvalue weighted by Gasteiger charge is 2.20. The Labute approximate surface area is 134 Å². The summed E-state index contributed by atoms with van der Waals surface area (Å²) in [5.41, 5.74) is 5.81. The van der Waals surface area contributed by atoms with E-state index in [0.29, 0.717) is 24.3 Å². The summed E-state index contributed by atoms with van der Waals surface area (Å²) in [7, 11) is 0. The first-order chi connectivity index (χ1) is 11.3. The Hall–Kier alpha value is -3.14. The molecule has 108 valence electrons. The molecule has 3 aromatic rings. The minimum Gasteiger partial charge on any atom is -0.372 e. The molecule has 0 saturated carbocycles. The van der Waals surface area contributed by atoms with Gasteiger partial charge in [0.1, 0.15) is 0 Å². The fourth-order valence-electron chi connectivity index (χ4n) is 3.16. The van der Waals surface area contributed by atoms with Gasteiger partial charge in [-0.25, -0.2) is 0 Å². The highest BCUT2D eigenvalue weighted by atomic mass is 16.5. The topological polar surface area (TPSA) is 56.8 Å². The van der Waals surface area contributed by atoms with Crippen LogP contribution >= 0.6 is 0 Å². The molecule has 23 heavy (non-hydrogen) atoms. The Morgan fingerprint density at radius 1 is 0.826 bits per heavy atom. The van der Waals surface area contributed by atoms with Crippen LogP contribution in [0.5, 0.6) is 0 Å². The van der Waals surface area contributed by atoms with Crippen LogP contribution in [0.25, 0.3) is 21.9 Å². The molecule has 3 heteroatoms. The van der Waals surface area contributed by atoms with Crippen LogP contribution in [0, 0.1) is 22.7 Å². The zero-order valence-corrected chi connectivity index (χ0v) is 12.3. The van der Waals surface area contributed by atoms with E-state index in [0.717, 1.165) is 21.9 Å². The lowest BCUT2D eigenvalue weighted by atomic mass is 9.90. The zero-order chi connectivity index (χ0) is 15.8. The summed E-state index contributed by atoms with van der Waals surface area (Å²) >= 11 is 0. The number of nitriles is 2. The molecule has 3 nitrogen and oxygen atoms in total. The fourth-order valence-corrected chi connectivity index (χ4v) is 3.16. The monoisotopic (exact) mass is 296 g/mol. The van der Waals surface area contributed by atoms with Gasteiger partial charge in [0.25, 0.3) is 0 Å². The molecule has 0 amide bonds. The largest absolute Gasteiger partial charge is 0.372 e. The lowest BCUT2D eigenvalue weighted by Gasteiger charge is -2.13. The lowest BCUT2D eigenvalue weighted by Crippen LogP contribution is -1.92. The van der Waals surface area contributed by atoms with Crippen LogP contribution in [-0.2, 0) is 18.0 Å². The summed E-state index contributed by atoms with van der Waals surface area (Å²) in [6.45, 7) is 1.20. The Morgan fingerprint density at radius 2 is 1.57 bits per heavy atom. The molecule has 4 rings (SSSR count). The second-order valence-electron chi connectivity index (χ2n) is 5.62. The van der Waals surface area contributed by atoms with Crippen molar-refractivity contribution in [2.75, 3.05) is 0 Å². The predicted molar refractivity (Wildman–Crippen MR) is 87.3 cm³/mol. The van der Waals surface area contributed by atoms with E-state index in [1.165, 1.54) is 11.1 Å². The van der Waals surface area contributed by atoms with E-state index in [1.807, 2.05) is 42.5 Å². The predicted octanol–water partition coefficient (Wildman–Crippen LogP) is 4.28. The summed E-state index contributed by atoms with van der Waals surface area (Å²) in [6.07, 6.45) is 0. The van der Waals surface area contributed by atoms with Crippen molar-refractivity contribution < 1.29 is 4.74 Å². The third kappa shape index (κ3) is 2.16.